The minimum atomic E-state index is 0.439. The molecular formula is C14H28N2S. The van der Waals surface area contributed by atoms with Crippen LogP contribution in [0.3, 0.4) is 0 Å². The summed E-state index contributed by atoms with van der Waals surface area (Å²) in [7, 11) is 0. The molecule has 0 spiro atoms. The Hall–Kier alpha value is -0.310. The fourth-order valence-corrected chi connectivity index (χ4v) is 2.79. The van der Waals surface area contributed by atoms with Crippen molar-refractivity contribution < 1.29 is 0 Å². The first-order valence-electron chi connectivity index (χ1n) is 6.98. The third-order valence-electron chi connectivity index (χ3n) is 3.77. The van der Waals surface area contributed by atoms with E-state index in [2.05, 4.69) is 37.9 Å². The number of likely N-dealkylation sites (tertiary alicyclic amines) is 1. The Balaban J connectivity index is 2.45. The Kier molecular flexibility index (Phi) is 5.71. The third-order valence-corrected chi connectivity index (χ3v) is 4.17. The summed E-state index contributed by atoms with van der Waals surface area (Å²) in [5.41, 5.74) is 0.439. The van der Waals surface area contributed by atoms with Crippen molar-refractivity contribution in [3.8, 4) is 0 Å². The van der Waals surface area contributed by atoms with Gasteiger partial charge in [0.25, 0.3) is 0 Å². The fraction of sp³-hybridized carbons (Fsp3) is 0.929. The van der Waals surface area contributed by atoms with E-state index >= 15 is 0 Å². The first kappa shape index (κ1) is 14.7. The summed E-state index contributed by atoms with van der Waals surface area (Å²) in [5, 5.41) is 4.30. The van der Waals surface area contributed by atoms with Gasteiger partial charge >= 0.3 is 0 Å². The number of hydrogen-bond donors (Lipinski definition) is 1. The second kappa shape index (κ2) is 6.58. The molecule has 0 bridgehead atoms. The van der Waals surface area contributed by atoms with Gasteiger partial charge in [-0.05, 0) is 49.2 Å². The lowest BCUT2D eigenvalue weighted by Crippen LogP contribution is -2.40. The van der Waals surface area contributed by atoms with Crippen LogP contribution in [-0.2, 0) is 0 Å². The summed E-state index contributed by atoms with van der Waals surface area (Å²) in [6.45, 7) is 12.5. The predicted molar refractivity (Wildman–Crippen MR) is 79.3 cm³/mol. The zero-order valence-corrected chi connectivity index (χ0v) is 12.7. The summed E-state index contributed by atoms with van der Waals surface area (Å²) in [5.74, 6) is 0.835. The quantitative estimate of drug-likeness (QED) is 0.762. The Morgan fingerprint density at radius 1 is 1.29 bits per heavy atom. The normalized spacial score (nSPS) is 22.1. The smallest absolute Gasteiger partial charge is 0.168 e. The van der Waals surface area contributed by atoms with E-state index < -0.39 is 0 Å². The molecule has 100 valence electrons. The Morgan fingerprint density at radius 3 is 2.59 bits per heavy atom. The second-order valence-corrected chi connectivity index (χ2v) is 6.60. The number of thiocarbonyl (C=S) groups is 1. The van der Waals surface area contributed by atoms with Crippen molar-refractivity contribution in [1.29, 1.82) is 0 Å². The first-order chi connectivity index (χ1) is 7.95. The van der Waals surface area contributed by atoms with Crippen LogP contribution in [0.4, 0.5) is 0 Å². The van der Waals surface area contributed by atoms with Gasteiger partial charge in [0.05, 0.1) is 0 Å². The average Bonchev–Trinajstić information content (AvgIpc) is 2.50. The molecule has 0 saturated carbocycles. The highest BCUT2D eigenvalue weighted by molar-refractivity contribution is 7.80. The van der Waals surface area contributed by atoms with Gasteiger partial charge in [-0.15, -0.1) is 0 Å². The van der Waals surface area contributed by atoms with Gasteiger partial charge < -0.3 is 10.2 Å². The molecule has 1 atom stereocenters. The van der Waals surface area contributed by atoms with E-state index in [1.54, 1.807) is 0 Å². The molecule has 0 amide bonds. The fourth-order valence-electron chi connectivity index (χ4n) is 2.51. The van der Waals surface area contributed by atoms with Crippen molar-refractivity contribution >= 4 is 17.3 Å². The topological polar surface area (TPSA) is 15.3 Å². The number of hydrogen-bond acceptors (Lipinski definition) is 1. The van der Waals surface area contributed by atoms with Crippen LogP contribution in [0.1, 0.15) is 53.4 Å². The maximum Gasteiger partial charge on any atom is 0.168 e. The van der Waals surface area contributed by atoms with E-state index in [1.807, 2.05) is 0 Å². The van der Waals surface area contributed by atoms with Gasteiger partial charge in [0.1, 0.15) is 0 Å². The van der Waals surface area contributed by atoms with Crippen molar-refractivity contribution in [2.45, 2.75) is 53.4 Å². The van der Waals surface area contributed by atoms with E-state index in [4.69, 9.17) is 12.2 Å². The highest BCUT2D eigenvalue weighted by atomic mass is 32.1. The molecule has 2 nitrogen and oxygen atoms in total. The summed E-state index contributed by atoms with van der Waals surface area (Å²) in [6.07, 6.45) is 5.03. The molecule has 0 aromatic heterocycles. The summed E-state index contributed by atoms with van der Waals surface area (Å²) < 4.78 is 0. The van der Waals surface area contributed by atoms with Crippen LogP contribution in [0, 0.1) is 11.3 Å². The lowest BCUT2D eigenvalue weighted by molar-refractivity contribution is 0.216. The van der Waals surface area contributed by atoms with Crippen LogP contribution < -0.4 is 5.32 Å². The summed E-state index contributed by atoms with van der Waals surface area (Å²) in [6, 6.07) is 0. The number of nitrogens with one attached hydrogen (secondary N) is 1. The van der Waals surface area contributed by atoms with Crippen molar-refractivity contribution in [3.05, 3.63) is 0 Å². The predicted octanol–water partition coefficient (Wildman–Crippen LogP) is 3.42. The van der Waals surface area contributed by atoms with Crippen molar-refractivity contribution in [3.63, 3.8) is 0 Å². The lowest BCUT2D eigenvalue weighted by atomic mass is 9.77. The van der Waals surface area contributed by atoms with Crippen LogP contribution in [-0.4, -0.2) is 29.6 Å². The summed E-state index contributed by atoms with van der Waals surface area (Å²) >= 11 is 5.45. The maximum atomic E-state index is 5.45. The molecule has 0 radical (unpaired) electrons. The minimum Gasteiger partial charge on any atom is -0.363 e. The molecule has 0 aromatic rings. The monoisotopic (exact) mass is 256 g/mol. The van der Waals surface area contributed by atoms with Crippen molar-refractivity contribution in [2.75, 3.05) is 19.6 Å². The van der Waals surface area contributed by atoms with Gasteiger partial charge in [0.15, 0.2) is 5.11 Å². The van der Waals surface area contributed by atoms with Crippen LogP contribution in [0.5, 0.6) is 0 Å². The van der Waals surface area contributed by atoms with Crippen LogP contribution in [0.2, 0.25) is 0 Å². The number of rotatable bonds is 2. The van der Waals surface area contributed by atoms with E-state index in [0.717, 1.165) is 37.1 Å². The Bertz CT molecular complexity index is 245. The SMILES string of the molecule is CCCNC(=S)N1CCCC(C(C)(C)C)CC1. The van der Waals surface area contributed by atoms with Crippen LogP contribution in [0.15, 0.2) is 0 Å². The van der Waals surface area contributed by atoms with E-state index in [0.29, 0.717) is 5.41 Å². The molecular weight excluding hydrogens is 228 g/mol. The molecule has 0 aromatic carbocycles. The zero-order chi connectivity index (χ0) is 12.9. The second-order valence-electron chi connectivity index (χ2n) is 6.21. The summed E-state index contributed by atoms with van der Waals surface area (Å²) in [4.78, 5) is 2.36. The van der Waals surface area contributed by atoms with Crippen molar-refractivity contribution in [2.24, 2.45) is 11.3 Å². The Labute approximate surface area is 112 Å². The molecule has 3 heteroatoms. The van der Waals surface area contributed by atoms with Crippen molar-refractivity contribution in [1.82, 2.24) is 10.2 Å². The first-order valence-corrected chi connectivity index (χ1v) is 7.38. The highest BCUT2D eigenvalue weighted by Gasteiger charge is 2.27. The Morgan fingerprint density at radius 2 is 2.00 bits per heavy atom. The van der Waals surface area contributed by atoms with Gasteiger partial charge in [-0.2, -0.15) is 0 Å². The zero-order valence-electron chi connectivity index (χ0n) is 11.9. The lowest BCUT2D eigenvalue weighted by Gasteiger charge is -2.30. The molecule has 1 N–H and O–H groups in total. The van der Waals surface area contributed by atoms with Crippen LogP contribution in [0.25, 0.3) is 0 Å². The van der Waals surface area contributed by atoms with Gasteiger partial charge in [-0.1, -0.05) is 27.7 Å². The highest BCUT2D eigenvalue weighted by Crippen LogP contribution is 2.34. The maximum absolute atomic E-state index is 5.45. The standard InChI is InChI=1S/C14H28N2S/c1-5-9-15-13(17)16-10-6-7-12(8-11-16)14(2,3)4/h12H,5-11H2,1-4H3,(H,15,17). The van der Waals surface area contributed by atoms with E-state index in [-0.39, 0.29) is 0 Å². The molecule has 1 rings (SSSR count). The van der Waals surface area contributed by atoms with Gasteiger partial charge in [0, 0.05) is 19.6 Å². The molecule has 17 heavy (non-hydrogen) atoms. The van der Waals surface area contributed by atoms with Gasteiger partial charge in [-0.25, -0.2) is 0 Å². The molecule has 1 aliphatic heterocycles. The largest absolute Gasteiger partial charge is 0.363 e. The van der Waals surface area contributed by atoms with Crippen LogP contribution >= 0.6 is 12.2 Å². The minimum absolute atomic E-state index is 0.439. The molecule has 1 heterocycles. The molecule has 1 saturated heterocycles. The molecule has 1 unspecified atom stereocenters. The molecule has 1 aliphatic rings. The van der Waals surface area contributed by atoms with Gasteiger partial charge in [0.2, 0.25) is 0 Å². The average molecular weight is 256 g/mol. The molecule has 0 aliphatic carbocycles. The van der Waals surface area contributed by atoms with E-state index in [1.165, 1.54) is 19.3 Å². The van der Waals surface area contributed by atoms with Gasteiger partial charge in [-0.3, -0.25) is 0 Å². The third kappa shape index (κ3) is 4.82. The number of nitrogens with zero attached hydrogens (tertiary/aromatic N) is 1. The molecule has 1 fully saturated rings. The van der Waals surface area contributed by atoms with E-state index in [9.17, 15) is 0 Å².